The van der Waals surface area contributed by atoms with Crippen LogP contribution in [0, 0.1) is 6.92 Å². The molecule has 1 N–H and O–H groups in total. The van der Waals surface area contributed by atoms with Gasteiger partial charge >= 0.3 is 0 Å². The Morgan fingerprint density at radius 3 is 2.93 bits per heavy atom. The van der Waals surface area contributed by atoms with Gasteiger partial charge in [-0.1, -0.05) is 6.07 Å². The molecule has 2 aromatic heterocycles. The van der Waals surface area contributed by atoms with Crippen molar-refractivity contribution in [2.45, 2.75) is 19.4 Å². The average molecular weight is 203 g/mol. The summed E-state index contributed by atoms with van der Waals surface area (Å²) in [5, 5.41) is 9.89. The Bertz CT molecular complexity index is 422. The van der Waals surface area contributed by atoms with Crippen LogP contribution in [0.1, 0.15) is 23.1 Å². The molecule has 78 valence electrons. The third-order valence-corrected chi connectivity index (χ3v) is 2.26. The highest BCUT2D eigenvalue weighted by Gasteiger charge is 2.11. The maximum Gasteiger partial charge on any atom is 0.101 e. The summed E-state index contributed by atoms with van der Waals surface area (Å²) in [5.74, 6) is 0.810. The first-order valence-electron chi connectivity index (χ1n) is 4.89. The fourth-order valence-electron chi connectivity index (χ4n) is 1.47. The number of pyridine rings is 1. The molecule has 3 nitrogen and oxygen atoms in total. The van der Waals surface area contributed by atoms with E-state index in [1.807, 2.05) is 31.2 Å². The average Bonchev–Trinajstić information content (AvgIpc) is 2.66. The fraction of sp³-hybridized carbons (Fsp3) is 0.250. The quantitative estimate of drug-likeness (QED) is 0.832. The summed E-state index contributed by atoms with van der Waals surface area (Å²) in [4.78, 5) is 4.16. The fourth-order valence-corrected chi connectivity index (χ4v) is 1.47. The van der Waals surface area contributed by atoms with Crippen molar-refractivity contribution in [2.24, 2.45) is 0 Å². The molecule has 1 atom stereocenters. The van der Waals surface area contributed by atoms with E-state index in [0.29, 0.717) is 6.42 Å². The minimum atomic E-state index is -0.544. The topological polar surface area (TPSA) is 46.3 Å². The molecule has 0 spiro atoms. The number of rotatable bonds is 3. The van der Waals surface area contributed by atoms with Crippen LogP contribution in [0.15, 0.2) is 41.1 Å². The highest BCUT2D eigenvalue weighted by atomic mass is 16.3. The molecule has 3 heteroatoms. The van der Waals surface area contributed by atoms with Crippen LogP contribution in [0.2, 0.25) is 0 Å². The minimum Gasteiger partial charge on any atom is -0.469 e. The van der Waals surface area contributed by atoms with Gasteiger partial charge in [-0.2, -0.15) is 0 Å². The molecule has 1 unspecified atom stereocenters. The number of nitrogens with zero attached hydrogens (tertiary/aromatic N) is 1. The molecule has 2 aromatic rings. The molecule has 2 rings (SSSR count). The number of hydrogen-bond donors (Lipinski definition) is 1. The Balaban J connectivity index is 2.07. The molecule has 0 saturated heterocycles. The molecule has 0 aliphatic carbocycles. The lowest BCUT2D eigenvalue weighted by molar-refractivity contribution is 0.176. The van der Waals surface area contributed by atoms with Crippen LogP contribution >= 0.6 is 0 Å². The minimum absolute atomic E-state index is 0.514. The van der Waals surface area contributed by atoms with Gasteiger partial charge in [-0.3, -0.25) is 4.98 Å². The normalized spacial score (nSPS) is 12.7. The van der Waals surface area contributed by atoms with Crippen LogP contribution in [0.5, 0.6) is 0 Å². The maximum absolute atomic E-state index is 9.89. The number of aryl methyl sites for hydroxylation is 1. The van der Waals surface area contributed by atoms with E-state index in [9.17, 15) is 5.11 Å². The van der Waals surface area contributed by atoms with Gasteiger partial charge in [0.05, 0.1) is 12.4 Å². The van der Waals surface area contributed by atoms with Crippen molar-refractivity contribution in [3.8, 4) is 0 Å². The molecular formula is C12H13NO2. The first-order chi connectivity index (χ1) is 7.25. The third kappa shape index (κ3) is 2.44. The lowest BCUT2D eigenvalue weighted by atomic mass is 10.1. The second-order valence-corrected chi connectivity index (χ2v) is 3.53. The number of aromatic nitrogens is 1. The van der Waals surface area contributed by atoms with Gasteiger partial charge in [-0.15, -0.1) is 0 Å². The summed E-state index contributed by atoms with van der Waals surface area (Å²) < 4.78 is 5.14. The van der Waals surface area contributed by atoms with E-state index in [-0.39, 0.29) is 0 Å². The number of furan rings is 1. The second-order valence-electron chi connectivity index (χ2n) is 3.53. The van der Waals surface area contributed by atoms with Gasteiger partial charge in [-0.05, 0) is 25.1 Å². The number of aliphatic hydroxyl groups excluding tert-OH is 1. The van der Waals surface area contributed by atoms with Crippen molar-refractivity contribution in [1.82, 2.24) is 4.98 Å². The number of hydrogen-bond acceptors (Lipinski definition) is 3. The molecule has 15 heavy (non-hydrogen) atoms. The maximum atomic E-state index is 9.89. The van der Waals surface area contributed by atoms with Crippen molar-refractivity contribution in [3.05, 3.63) is 53.7 Å². The third-order valence-electron chi connectivity index (χ3n) is 2.26. The zero-order chi connectivity index (χ0) is 10.7. The molecule has 0 amide bonds. The summed E-state index contributed by atoms with van der Waals surface area (Å²) in [6.45, 7) is 1.86. The Labute approximate surface area is 88.4 Å². The van der Waals surface area contributed by atoms with E-state index in [1.54, 1.807) is 12.5 Å². The Morgan fingerprint density at radius 2 is 2.33 bits per heavy atom. The molecule has 2 heterocycles. The van der Waals surface area contributed by atoms with Crippen LogP contribution in [-0.2, 0) is 6.42 Å². The first kappa shape index (κ1) is 9.93. The van der Waals surface area contributed by atoms with Gasteiger partial charge < -0.3 is 9.52 Å². The summed E-state index contributed by atoms with van der Waals surface area (Å²) >= 11 is 0. The Hall–Kier alpha value is -1.61. The predicted molar refractivity (Wildman–Crippen MR) is 56.3 cm³/mol. The molecule has 0 fully saturated rings. The SMILES string of the molecule is Cc1cc(C(O)Cc2ccccn2)co1. The summed E-state index contributed by atoms with van der Waals surface area (Å²) in [6.07, 6.45) is 3.28. The standard InChI is InChI=1S/C12H13NO2/c1-9-6-10(8-15-9)12(14)7-11-4-2-3-5-13-11/h2-6,8,12,14H,7H2,1H3. The zero-order valence-corrected chi connectivity index (χ0v) is 8.55. The van der Waals surface area contributed by atoms with Gasteiger partial charge in [0, 0.05) is 23.9 Å². The molecule has 0 aromatic carbocycles. The van der Waals surface area contributed by atoms with Crippen molar-refractivity contribution in [2.75, 3.05) is 0 Å². The lowest BCUT2D eigenvalue weighted by Gasteiger charge is -2.06. The van der Waals surface area contributed by atoms with Gasteiger partial charge in [0.25, 0.3) is 0 Å². The number of aliphatic hydroxyl groups is 1. The highest BCUT2D eigenvalue weighted by Crippen LogP contribution is 2.19. The molecule has 0 radical (unpaired) electrons. The van der Waals surface area contributed by atoms with Crippen molar-refractivity contribution in [1.29, 1.82) is 0 Å². The predicted octanol–water partition coefficient (Wildman–Crippen LogP) is 2.26. The molecular weight excluding hydrogens is 190 g/mol. The van der Waals surface area contributed by atoms with Gasteiger partial charge in [0.1, 0.15) is 5.76 Å². The van der Waals surface area contributed by atoms with Crippen molar-refractivity contribution in [3.63, 3.8) is 0 Å². The molecule has 0 aliphatic heterocycles. The summed E-state index contributed by atoms with van der Waals surface area (Å²) in [5.41, 5.74) is 1.68. The molecule has 0 aliphatic rings. The van der Waals surface area contributed by atoms with Gasteiger partial charge in [0.15, 0.2) is 0 Å². The summed E-state index contributed by atoms with van der Waals surface area (Å²) in [7, 11) is 0. The zero-order valence-electron chi connectivity index (χ0n) is 8.55. The van der Waals surface area contributed by atoms with E-state index < -0.39 is 6.10 Å². The first-order valence-corrected chi connectivity index (χ1v) is 4.89. The van der Waals surface area contributed by atoms with Crippen LogP contribution in [-0.4, -0.2) is 10.1 Å². The van der Waals surface area contributed by atoms with Crippen molar-refractivity contribution < 1.29 is 9.52 Å². The van der Waals surface area contributed by atoms with E-state index in [2.05, 4.69) is 4.98 Å². The van der Waals surface area contributed by atoms with E-state index >= 15 is 0 Å². The lowest BCUT2D eigenvalue weighted by Crippen LogP contribution is -2.01. The van der Waals surface area contributed by atoms with E-state index in [1.165, 1.54) is 0 Å². The van der Waals surface area contributed by atoms with Crippen LogP contribution in [0.4, 0.5) is 0 Å². The monoisotopic (exact) mass is 203 g/mol. The smallest absolute Gasteiger partial charge is 0.101 e. The van der Waals surface area contributed by atoms with Crippen LogP contribution in [0.25, 0.3) is 0 Å². The van der Waals surface area contributed by atoms with E-state index in [0.717, 1.165) is 17.0 Å². The molecule has 0 bridgehead atoms. The van der Waals surface area contributed by atoms with E-state index in [4.69, 9.17) is 4.42 Å². The highest BCUT2D eigenvalue weighted by molar-refractivity contribution is 5.17. The van der Waals surface area contributed by atoms with Gasteiger partial charge in [-0.25, -0.2) is 0 Å². The summed E-state index contributed by atoms with van der Waals surface area (Å²) in [6, 6.07) is 7.51. The van der Waals surface area contributed by atoms with Crippen molar-refractivity contribution >= 4 is 0 Å². The Kier molecular flexibility index (Phi) is 2.83. The largest absolute Gasteiger partial charge is 0.469 e. The van der Waals surface area contributed by atoms with Crippen LogP contribution in [0.3, 0.4) is 0 Å². The second kappa shape index (κ2) is 4.28. The van der Waals surface area contributed by atoms with Crippen LogP contribution < -0.4 is 0 Å². The Morgan fingerprint density at radius 1 is 1.47 bits per heavy atom. The van der Waals surface area contributed by atoms with Gasteiger partial charge in [0.2, 0.25) is 0 Å². The molecule has 0 saturated carbocycles.